The van der Waals surface area contributed by atoms with E-state index in [0.717, 1.165) is 17.3 Å². The summed E-state index contributed by atoms with van der Waals surface area (Å²) in [5.74, 6) is 0.166. The van der Waals surface area contributed by atoms with Gasteiger partial charge in [0, 0.05) is 22.5 Å². The minimum atomic E-state index is -0.0628. The molecule has 0 N–H and O–H groups in total. The first-order valence-corrected chi connectivity index (χ1v) is 7.96. The fourth-order valence-corrected chi connectivity index (χ4v) is 4.42. The van der Waals surface area contributed by atoms with E-state index in [1.165, 1.54) is 19.1 Å². The molecule has 0 aliphatic carbocycles. The number of ether oxygens (including phenoxy) is 1. The molecule has 0 radical (unpaired) electrons. The molecule has 3 rings (SSSR count). The van der Waals surface area contributed by atoms with Gasteiger partial charge in [-0.05, 0) is 44.0 Å². The van der Waals surface area contributed by atoms with Gasteiger partial charge in [-0.3, -0.25) is 9.69 Å². The molecule has 2 aliphatic heterocycles. The van der Waals surface area contributed by atoms with Crippen LogP contribution in [0.25, 0.3) is 0 Å². The van der Waals surface area contributed by atoms with Crippen molar-refractivity contribution in [2.75, 3.05) is 14.2 Å². The molecule has 0 saturated carbocycles. The van der Waals surface area contributed by atoms with Crippen LogP contribution in [0.2, 0.25) is 0 Å². The van der Waals surface area contributed by atoms with Crippen LogP contribution < -0.4 is 0 Å². The molecule has 1 aromatic carbocycles. The van der Waals surface area contributed by atoms with Crippen LogP contribution in [0.4, 0.5) is 0 Å². The molecule has 108 valence electrons. The minimum absolute atomic E-state index is 0.0435. The molecule has 2 saturated heterocycles. The van der Waals surface area contributed by atoms with E-state index in [9.17, 15) is 4.79 Å². The zero-order valence-electron chi connectivity index (χ0n) is 11.9. The maximum Gasteiger partial charge on any atom is 0.310 e. The highest BCUT2D eigenvalue weighted by Gasteiger charge is 2.49. The highest BCUT2D eigenvalue weighted by atomic mass is 79.9. The van der Waals surface area contributed by atoms with Crippen molar-refractivity contribution in [3.05, 3.63) is 34.3 Å². The second kappa shape index (κ2) is 5.49. The van der Waals surface area contributed by atoms with Crippen LogP contribution in [-0.2, 0) is 9.53 Å². The monoisotopic (exact) mass is 337 g/mol. The summed E-state index contributed by atoms with van der Waals surface area (Å²) in [7, 11) is 3.65. The molecule has 2 heterocycles. The van der Waals surface area contributed by atoms with Crippen molar-refractivity contribution in [1.82, 2.24) is 4.90 Å². The molecule has 0 aromatic heterocycles. The fourth-order valence-electron chi connectivity index (χ4n) is 4.00. The number of halogens is 1. The van der Waals surface area contributed by atoms with E-state index >= 15 is 0 Å². The van der Waals surface area contributed by atoms with Crippen molar-refractivity contribution < 1.29 is 9.53 Å². The number of carbonyl (C=O) groups is 1. The van der Waals surface area contributed by atoms with E-state index < -0.39 is 0 Å². The van der Waals surface area contributed by atoms with Gasteiger partial charge < -0.3 is 4.74 Å². The fraction of sp³-hybridized carbons (Fsp3) is 0.562. The minimum Gasteiger partial charge on any atom is -0.469 e. The molecule has 1 aromatic rings. The van der Waals surface area contributed by atoms with Crippen LogP contribution in [0.3, 0.4) is 0 Å². The Labute approximate surface area is 128 Å². The van der Waals surface area contributed by atoms with E-state index in [1.807, 2.05) is 12.1 Å². The van der Waals surface area contributed by atoms with Gasteiger partial charge in [0.15, 0.2) is 0 Å². The van der Waals surface area contributed by atoms with Gasteiger partial charge in [-0.2, -0.15) is 0 Å². The second-order valence-electron chi connectivity index (χ2n) is 5.91. The standard InChI is InChI=1S/C16H20BrNO2/c1-18-12-6-7-14(18)15(16(19)20-2)13(9-12)10-4-3-5-11(17)8-10/h3-5,8,12-15H,6-7,9H2,1-2H3/t12-,13+,14+,15-/m0/s1. The average molecular weight is 338 g/mol. The SMILES string of the molecule is COC(=O)[C@H]1[C@@H](c2cccc(Br)c2)C[C@@H]2CC[C@H]1N2C. The van der Waals surface area contributed by atoms with Crippen molar-refractivity contribution >= 4 is 21.9 Å². The number of carbonyl (C=O) groups excluding carboxylic acids is 1. The molecule has 3 nitrogen and oxygen atoms in total. The lowest BCUT2D eigenvalue weighted by atomic mass is 9.76. The molecular weight excluding hydrogens is 318 g/mol. The van der Waals surface area contributed by atoms with Gasteiger partial charge in [0.25, 0.3) is 0 Å². The lowest BCUT2D eigenvalue weighted by Gasteiger charge is -2.41. The second-order valence-corrected chi connectivity index (χ2v) is 6.83. The van der Waals surface area contributed by atoms with Gasteiger partial charge in [0.05, 0.1) is 13.0 Å². The number of hydrogen-bond acceptors (Lipinski definition) is 3. The summed E-state index contributed by atoms with van der Waals surface area (Å²) in [6.07, 6.45) is 3.34. The number of rotatable bonds is 2. The Morgan fingerprint density at radius 3 is 2.90 bits per heavy atom. The van der Waals surface area contributed by atoms with E-state index in [-0.39, 0.29) is 17.8 Å². The van der Waals surface area contributed by atoms with Crippen LogP contribution >= 0.6 is 15.9 Å². The number of benzene rings is 1. The molecule has 0 spiro atoms. The third-order valence-corrected chi connectivity index (χ3v) is 5.51. The van der Waals surface area contributed by atoms with Crippen LogP contribution in [0.5, 0.6) is 0 Å². The maximum absolute atomic E-state index is 12.3. The van der Waals surface area contributed by atoms with E-state index in [2.05, 4.69) is 40.0 Å². The van der Waals surface area contributed by atoms with Crippen LogP contribution in [0.1, 0.15) is 30.7 Å². The van der Waals surface area contributed by atoms with E-state index in [1.54, 1.807) is 0 Å². The lowest BCUT2D eigenvalue weighted by Crippen LogP contribution is -2.49. The highest BCUT2D eigenvalue weighted by Crippen LogP contribution is 2.46. The predicted molar refractivity (Wildman–Crippen MR) is 81.6 cm³/mol. The third kappa shape index (κ3) is 2.29. The first-order chi connectivity index (χ1) is 9.61. The summed E-state index contributed by atoms with van der Waals surface area (Å²) in [5, 5.41) is 0. The van der Waals surface area contributed by atoms with Crippen LogP contribution in [0.15, 0.2) is 28.7 Å². The van der Waals surface area contributed by atoms with Crippen LogP contribution in [0, 0.1) is 5.92 Å². The Kier molecular flexibility index (Phi) is 3.87. The summed E-state index contributed by atoms with van der Waals surface area (Å²) < 4.78 is 6.17. The molecule has 20 heavy (non-hydrogen) atoms. The summed E-state index contributed by atoms with van der Waals surface area (Å²) >= 11 is 3.53. The molecule has 2 aliphatic rings. The molecule has 4 atom stereocenters. The zero-order valence-corrected chi connectivity index (χ0v) is 13.5. The van der Waals surface area contributed by atoms with E-state index in [4.69, 9.17) is 4.74 Å². The summed E-state index contributed by atoms with van der Waals surface area (Å²) in [6, 6.07) is 9.28. The Hall–Kier alpha value is -0.870. The highest BCUT2D eigenvalue weighted by molar-refractivity contribution is 9.10. The third-order valence-electron chi connectivity index (χ3n) is 5.02. The van der Waals surface area contributed by atoms with Gasteiger partial charge in [-0.1, -0.05) is 28.1 Å². The van der Waals surface area contributed by atoms with Crippen molar-refractivity contribution in [1.29, 1.82) is 0 Å². The molecular formula is C16H20BrNO2. The van der Waals surface area contributed by atoms with Crippen molar-refractivity contribution in [2.45, 2.75) is 37.3 Å². The average Bonchev–Trinajstić information content (AvgIpc) is 2.69. The van der Waals surface area contributed by atoms with Gasteiger partial charge in [-0.15, -0.1) is 0 Å². The number of hydrogen-bond donors (Lipinski definition) is 0. The summed E-state index contributed by atoms with van der Waals surface area (Å²) in [6.45, 7) is 0. The lowest BCUT2D eigenvalue weighted by molar-refractivity contribution is -0.150. The summed E-state index contributed by atoms with van der Waals surface area (Å²) in [4.78, 5) is 14.7. The van der Waals surface area contributed by atoms with Gasteiger partial charge in [-0.25, -0.2) is 0 Å². The van der Waals surface area contributed by atoms with Gasteiger partial charge in [0.2, 0.25) is 0 Å². The zero-order chi connectivity index (χ0) is 14.3. The Morgan fingerprint density at radius 2 is 2.20 bits per heavy atom. The Balaban J connectivity index is 1.97. The molecule has 2 bridgehead atoms. The number of fused-ring (bicyclic) bond motifs is 2. The van der Waals surface area contributed by atoms with Crippen LogP contribution in [-0.4, -0.2) is 37.1 Å². The van der Waals surface area contributed by atoms with Gasteiger partial charge >= 0.3 is 5.97 Å². The van der Waals surface area contributed by atoms with E-state index in [0.29, 0.717) is 12.1 Å². The number of esters is 1. The van der Waals surface area contributed by atoms with Gasteiger partial charge in [0.1, 0.15) is 0 Å². The topological polar surface area (TPSA) is 29.5 Å². The predicted octanol–water partition coefficient (Wildman–Crippen LogP) is 3.19. The quantitative estimate of drug-likeness (QED) is 0.776. The molecule has 2 fully saturated rings. The largest absolute Gasteiger partial charge is 0.469 e. The normalized spacial score (nSPS) is 33.1. The first-order valence-electron chi connectivity index (χ1n) is 7.17. The number of piperidine rings is 1. The van der Waals surface area contributed by atoms with Crippen molar-refractivity contribution in [3.8, 4) is 0 Å². The smallest absolute Gasteiger partial charge is 0.310 e. The Bertz CT molecular complexity index is 519. The maximum atomic E-state index is 12.3. The molecule has 4 heteroatoms. The van der Waals surface area contributed by atoms with Crippen molar-refractivity contribution in [3.63, 3.8) is 0 Å². The first kappa shape index (κ1) is 14.1. The number of methoxy groups -OCH3 is 1. The molecule has 0 amide bonds. The summed E-state index contributed by atoms with van der Waals surface area (Å²) in [5.41, 5.74) is 1.25. The number of nitrogens with zero attached hydrogens (tertiary/aromatic N) is 1. The van der Waals surface area contributed by atoms with Crippen molar-refractivity contribution in [2.24, 2.45) is 5.92 Å². The Morgan fingerprint density at radius 1 is 1.40 bits per heavy atom. The molecule has 0 unspecified atom stereocenters.